The van der Waals surface area contributed by atoms with Crippen LogP contribution in [0.3, 0.4) is 0 Å². The summed E-state index contributed by atoms with van der Waals surface area (Å²) >= 11 is 0. The summed E-state index contributed by atoms with van der Waals surface area (Å²) in [7, 11) is 1.66. The van der Waals surface area contributed by atoms with Crippen LogP contribution in [0.1, 0.15) is 27.2 Å². The van der Waals surface area contributed by atoms with Crippen LogP contribution in [-0.4, -0.2) is 18.2 Å². The number of methoxy groups -OCH3 is 1. The number of rotatable bonds is 7. The van der Waals surface area contributed by atoms with Crippen LogP contribution in [-0.2, 0) is 24.4 Å². The zero-order valence-electron chi connectivity index (χ0n) is 11.3. The van der Waals surface area contributed by atoms with Crippen molar-refractivity contribution in [3.63, 3.8) is 0 Å². The van der Waals surface area contributed by atoms with E-state index < -0.39 is 5.97 Å². The van der Waals surface area contributed by atoms with E-state index in [0.29, 0.717) is 25.3 Å². The van der Waals surface area contributed by atoms with Crippen LogP contribution >= 0.6 is 0 Å². The van der Waals surface area contributed by atoms with Crippen LogP contribution in [0.5, 0.6) is 0 Å². The normalized spacial score (nSPS) is 10.7. The predicted octanol–water partition coefficient (Wildman–Crippen LogP) is 2.41. The van der Waals surface area contributed by atoms with Gasteiger partial charge in [0.1, 0.15) is 0 Å². The summed E-state index contributed by atoms with van der Waals surface area (Å²) in [6.07, 6.45) is 1.39. The second-order valence-corrected chi connectivity index (χ2v) is 4.39. The Morgan fingerprint density at radius 3 is 2.60 bits per heavy atom. The lowest BCUT2D eigenvalue weighted by Crippen LogP contribution is -2.15. The van der Waals surface area contributed by atoms with Gasteiger partial charge < -0.3 is 19.6 Å². The Hall–Kier alpha value is -2.11. The Balaban J connectivity index is 1.96. The minimum atomic E-state index is -1.05. The highest BCUT2D eigenvalue weighted by atomic mass is 16.5. The average Bonchev–Trinajstić information content (AvgIpc) is 2.90. The van der Waals surface area contributed by atoms with E-state index in [1.165, 1.54) is 6.26 Å². The number of furan rings is 1. The molecule has 1 heterocycles. The van der Waals surface area contributed by atoms with E-state index >= 15 is 0 Å². The Morgan fingerprint density at radius 1 is 1.20 bits per heavy atom. The van der Waals surface area contributed by atoms with Gasteiger partial charge >= 0.3 is 5.97 Å². The van der Waals surface area contributed by atoms with Crippen molar-refractivity contribution < 1.29 is 19.1 Å². The van der Waals surface area contributed by atoms with Gasteiger partial charge in [-0.3, -0.25) is 0 Å². The van der Waals surface area contributed by atoms with Crippen LogP contribution in [0.15, 0.2) is 41.0 Å². The summed E-state index contributed by atoms with van der Waals surface area (Å²) in [5.74, 6) is -1.06. The van der Waals surface area contributed by atoms with Gasteiger partial charge in [-0.15, -0.1) is 0 Å². The third-order valence-corrected chi connectivity index (χ3v) is 2.99. The highest BCUT2D eigenvalue weighted by Crippen LogP contribution is 2.12. The van der Waals surface area contributed by atoms with Crippen LogP contribution in [0, 0.1) is 0 Å². The van der Waals surface area contributed by atoms with Crippen LogP contribution < -0.4 is 5.32 Å². The monoisotopic (exact) mass is 275 g/mol. The van der Waals surface area contributed by atoms with E-state index in [1.807, 2.05) is 24.3 Å². The molecule has 5 heteroatoms. The van der Waals surface area contributed by atoms with Gasteiger partial charge in [-0.2, -0.15) is 0 Å². The van der Waals surface area contributed by atoms with Crippen molar-refractivity contribution in [2.45, 2.75) is 19.7 Å². The lowest BCUT2D eigenvalue weighted by Gasteiger charge is -2.09. The van der Waals surface area contributed by atoms with E-state index in [9.17, 15) is 4.79 Å². The fourth-order valence-corrected chi connectivity index (χ4v) is 2.02. The molecular formula is C15H17NO4. The lowest BCUT2D eigenvalue weighted by atomic mass is 10.1. The van der Waals surface area contributed by atoms with E-state index in [1.54, 1.807) is 13.2 Å². The summed E-state index contributed by atoms with van der Waals surface area (Å²) in [5, 5.41) is 12.2. The van der Waals surface area contributed by atoms with E-state index in [0.717, 1.165) is 11.1 Å². The molecule has 1 aromatic heterocycles. The highest BCUT2D eigenvalue weighted by molar-refractivity contribution is 5.86. The van der Waals surface area contributed by atoms with Crippen molar-refractivity contribution in [3.8, 4) is 0 Å². The first-order chi connectivity index (χ1) is 9.72. The first-order valence-corrected chi connectivity index (χ1v) is 6.28. The Morgan fingerprint density at radius 2 is 1.90 bits per heavy atom. The van der Waals surface area contributed by atoms with Crippen molar-refractivity contribution in [1.82, 2.24) is 5.32 Å². The zero-order valence-corrected chi connectivity index (χ0v) is 11.3. The molecule has 2 rings (SSSR count). The molecule has 0 aliphatic carbocycles. The summed E-state index contributed by atoms with van der Waals surface area (Å²) < 4.78 is 10.1. The lowest BCUT2D eigenvalue weighted by molar-refractivity contribution is 0.0660. The number of carbonyl (C=O) groups is 1. The second kappa shape index (κ2) is 6.88. The molecular weight excluding hydrogens is 258 g/mol. The number of carboxylic acid groups (broad SMARTS) is 1. The minimum absolute atomic E-state index is 0.0114. The number of hydrogen-bond acceptors (Lipinski definition) is 4. The maximum absolute atomic E-state index is 10.9. The van der Waals surface area contributed by atoms with Gasteiger partial charge in [-0.25, -0.2) is 4.79 Å². The molecule has 20 heavy (non-hydrogen) atoms. The number of nitrogens with one attached hydrogen (secondary N) is 1. The molecule has 0 radical (unpaired) electrons. The molecule has 0 aliphatic rings. The molecule has 0 aliphatic heterocycles. The molecule has 0 saturated carbocycles. The van der Waals surface area contributed by atoms with Crippen molar-refractivity contribution in [3.05, 3.63) is 59.0 Å². The first kappa shape index (κ1) is 14.3. The Bertz CT molecular complexity index is 577. The molecule has 0 spiro atoms. The van der Waals surface area contributed by atoms with Gasteiger partial charge in [-0.05, 0) is 17.2 Å². The van der Waals surface area contributed by atoms with Gasteiger partial charge in [0.25, 0.3) is 0 Å². The molecule has 2 aromatic rings. The largest absolute Gasteiger partial charge is 0.475 e. The van der Waals surface area contributed by atoms with Crippen molar-refractivity contribution in [2.24, 2.45) is 0 Å². The molecule has 0 amide bonds. The molecule has 0 saturated heterocycles. The Kier molecular flexibility index (Phi) is 4.92. The molecule has 1 aromatic carbocycles. The number of aromatic carboxylic acids is 1. The predicted molar refractivity (Wildman–Crippen MR) is 73.4 cm³/mol. The van der Waals surface area contributed by atoms with Crippen LogP contribution in [0.4, 0.5) is 0 Å². The van der Waals surface area contributed by atoms with Gasteiger partial charge in [0.05, 0.1) is 12.9 Å². The third kappa shape index (κ3) is 3.46. The van der Waals surface area contributed by atoms with Gasteiger partial charge in [-0.1, -0.05) is 24.3 Å². The highest BCUT2D eigenvalue weighted by Gasteiger charge is 2.13. The van der Waals surface area contributed by atoms with Gasteiger partial charge in [0.15, 0.2) is 0 Å². The molecule has 0 fully saturated rings. The van der Waals surface area contributed by atoms with Crippen molar-refractivity contribution in [1.29, 1.82) is 0 Å². The average molecular weight is 275 g/mol. The van der Waals surface area contributed by atoms with E-state index in [-0.39, 0.29) is 5.76 Å². The standard InChI is InChI=1S/C15H17NO4/c1-19-10-13-5-3-2-4-11(13)8-16-9-12-6-7-20-14(12)15(17)18/h2-7,16H,8-10H2,1H3,(H,17,18). The molecule has 0 atom stereocenters. The van der Waals surface area contributed by atoms with E-state index in [2.05, 4.69) is 5.32 Å². The molecule has 0 unspecified atom stereocenters. The molecule has 5 nitrogen and oxygen atoms in total. The maximum Gasteiger partial charge on any atom is 0.372 e. The van der Waals surface area contributed by atoms with Crippen molar-refractivity contribution >= 4 is 5.97 Å². The fourth-order valence-electron chi connectivity index (χ4n) is 2.02. The zero-order chi connectivity index (χ0) is 14.4. The summed E-state index contributed by atoms with van der Waals surface area (Å²) in [6.45, 7) is 1.65. The molecule has 0 bridgehead atoms. The number of carboxylic acids is 1. The molecule has 2 N–H and O–H groups in total. The summed E-state index contributed by atoms with van der Waals surface area (Å²) in [5.41, 5.74) is 2.89. The molecule has 106 valence electrons. The third-order valence-electron chi connectivity index (χ3n) is 2.99. The summed E-state index contributed by atoms with van der Waals surface area (Å²) in [6, 6.07) is 9.64. The number of ether oxygens (including phenoxy) is 1. The van der Waals surface area contributed by atoms with Gasteiger partial charge in [0.2, 0.25) is 5.76 Å². The number of benzene rings is 1. The first-order valence-electron chi connectivity index (χ1n) is 6.28. The number of hydrogen-bond donors (Lipinski definition) is 2. The summed E-state index contributed by atoms with van der Waals surface area (Å²) in [4.78, 5) is 10.9. The van der Waals surface area contributed by atoms with Gasteiger partial charge in [0, 0.05) is 25.8 Å². The quantitative estimate of drug-likeness (QED) is 0.812. The van der Waals surface area contributed by atoms with Crippen molar-refractivity contribution in [2.75, 3.05) is 7.11 Å². The fraction of sp³-hybridized carbons (Fsp3) is 0.267. The van der Waals surface area contributed by atoms with Crippen LogP contribution in [0.25, 0.3) is 0 Å². The maximum atomic E-state index is 10.9. The topological polar surface area (TPSA) is 71.7 Å². The second-order valence-electron chi connectivity index (χ2n) is 4.39. The SMILES string of the molecule is COCc1ccccc1CNCc1ccoc1C(=O)O. The van der Waals surface area contributed by atoms with Crippen LogP contribution in [0.2, 0.25) is 0 Å². The smallest absolute Gasteiger partial charge is 0.372 e. The van der Waals surface area contributed by atoms with E-state index in [4.69, 9.17) is 14.3 Å². The minimum Gasteiger partial charge on any atom is -0.475 e. The Labute approximate surface area is 117 Å².